The summed E-state index contributed by atoms with van der Waals surface area (Å²) in [5.41, 5.74) is 1.04. The lowest BCUT2D eigenvalue weighted by atomic mass is 9.98. The fourth-order valence-corrected chi connectivity index (χ4v) is 5.18. The van der Waals surface area contributed by atoms with Gasteiger partial charge in [-0.2, -0.15) is 0 Å². The summed E-state index contributed by atoms with van der Waals surface area (Å²) in [5, 5.41) is 1.13. The van der Waals surface area contributed by atoms with Gasteiger partial charge in [0.1, 0.15) is 0 Å². The molecule has 0 radical (unpaired) electrons. The normalized spacial score (nSPS) is 21.3. The maximum atomic E-state index is 12.9. The quantitative estimate of drug-likeness (QED) is 0.764. The lowest BCUT2D eigenvalue weighted by molar-refractivity contribution is -0.863. The monoisotopic (exact) mass is 417 g/mol. The number of thiazole rings is 1. The third kappa shape index (κ3) is 4.94. The van der Waals surface area contributed by atoms with E-state index in [1.807, 2.05) is 35.0 Å². The summed E-state index contributed by atoms with van der Waals surface area (Å²) in [6, 6.07) is 8.20. The van der Waals surface area contributed by atoms with E-state index in [2.05, 4.69) is 6.07 Å². The number of aromatic nitrogens is 1. The third-order valence-corrected chi connectivity index (χ3v) is 6.90. The van der Waals surface area contributed by atoms with E-state index in [9.17, 15) is 9.59 Å². The van der Waals surface area contributed by atoms with Crippen LogP contribution in [0.1, 0.15) is 23.8 Å². The first-order chi connectivity index (χ1) is 14.1. The van der Waals surface area contributed by atoms with Crippen molar-refractivity contribution in [1.82, 2.24) is 14.8 Å². The smallest absolute Gasteiger partial charge is 0.277 e. The number of nitrogens with zero attached hydrogens (tertiary/aromatic N) is 3. The summed E-state index contributed by atoms with van der Waals surface area (Å²) < 4.78 is 6.50. The number of hydrogen-bond acceptors (Lipinski definition) is 5. The van der Waals surface area contributed by atoms with Gasteiger partial charge in [-0.05, 0) is 25.0 Å². The zero-order valence-corrected chi connectivity index (χ0v) is 17.7. The predicted octanol–water partition coefficient (Wildman–Crippen LogP) is 0.376. The zero-order chi connectivity index (χ0) is 20.2. The van der Waals surface area contributed by atoms with Crippen LogP contribution >= 0.6 is 11.3 Å². The fraction of sp³-hybridized carbons (Fsp3) is 0.571. The predicted molar refractivity (Wildman–Crippen MR) is 112 cm³/mol. The summed E-state index contributed by atoms with van der Waals surface area (Å²) in [6.07, 6.45) is 2.07. The fourth-order valence-electron chi connectivity index (χ4n) is 4.09. The van der Waals surface area contributed by atoms with Crippen LogP contribution in [-0.2, 0) is 14.3 Å². The van der Waals surface area contributed by atoms with Gasteiger partial charge in [-0.25, -0.2) is 4.98 Å². The molecule has 156 valence electrons. The molecule has 1 N–H and O–H groups in total. The van der Waals surface area contributed by atoms with Crippen LogP contribution in [0.3, 0.4) is 0 Å². The van der Waals surface area contributed by atoms with Crippen molar-refractivity contribution in [3.63, 3.8) is 0 Å². The SMILES string of the molecule is C[NH+](CC(=O)N1CCOCC1)CC(=O)N1CCC[C@@H](c2nc3ccccc3s2)C1. The lowest BCUT2D eigenvalue weighted by Gasteiger charge is -2.32. The molecule has 4 rings (SSSR count). The van der Waals surface area contributed by atoms with Gasteiger partial charge in [0.2, 0.25) is 0 Å². The minimum Gasteiger partial charge on any atom is -0.378 e. The van der Waals surface area contributed by atoms with Crippen molar-refractivity contribution in [2.24, 2.45) is 0 Å². The number of likely N-dealkylation sites (N-methyl/N-ethyl adjacent to an activating group) is 1. The van der Waals surface area contributed by atoms with Gasteiger partial charge in [0, 0.05) is 32.1 Å². The molecule has 0 saturated carbocycles. The van der Waals surface area contributed by atoms with Crippen molar-refractivity contribution < 1.29 is 19.2 Å². The summed E-state index contributed by atoms with van der Waals surface area (Å²) in [5.74, 6) is 0.535. The Hall–Kier alpha value is -2.03. The Bertz CT molecular complexity index is 831. The van der Waals surface area contributed by atoms with Crippen LogP contribution in [0.4, 0.5) is 0 Å². The van der Waals surface area contributed by atoms with Crippen LogP contribution in [0.2, 0.25) is 0 Å². The van der Waals surface area contributed by atoms with Crippen molar-refractivity contribution in [2.45, 2.75) is 18.8 Å². The molecule has 2 atom stereocenters. The molecule has 0 bridgehead atoms. The molecule has 1 unspecified atom stereocenters. The number of carbonyl (C=O) groups is 2. The summed E-state index contributed by atoms with van der Waals surface area (Å²) in [6.45, 7) is 4.72. The molecule has 2 saturated heterocycles. The molecule has 2 fully saturated rings. The highest BCUT2D eigenvalue weighted by molar-refractivity contribution is 7.18. The number of benzene rings is 1. The number of para-hydroxylation sites is 1. The van der Waals surface area contributed by atoms with E-state index in [4.69, 9.17) is 9.72 Å². The largest absolute Gasteiger partial charge is 0.378 e. The van der Waals surface area contributed by atoms with Crippen LogP contribution in [-0.4, -0.2) is 86.1 Å². The van der Waals surface area contributed by atoms with E-state index in [0.29, 0.717) is 45.3 Å². The molecule has 7 nitrogen and oxygen atoms in total. The number of piperidine rings is 1. The summed E-state index contributed by atoms with van der Waals surface area (Å²) >= 11 is 1.74. The van der Waals surface area contributed by atoms with Crippen molar-refractivity contribution in [2.75, 3.05) is 59.5 Å². The first-order valence-corrected chi connectivity index (χ1v) is 11.2. The van der Waals surface area contributed by atoms with E-state index in [1.54, 1.807) is 11.3 Å². The highest BCUT2D eigenvalue weighted by Gasteiger charge is 2.29. The molecule has 0 aliphatic carbocycles. The van der Waals surface area contributed by atoms with Gasteiger partial charge in [0.05, 0.1) is 35.5 Å². The zero-order valence-electron chi connectivity index (χ0n) is 16.9. The Labute approximate surface area is 175 Å². The Morgan fingerprint density at radius 3 is 2.62 bits per heavy atom. The minimum absolute atomic E-state index is 0.101. The van der Waals surface area contributed by atoms with E-state index in [1.165, 1.54) is 4.70 Å². The van der Waals surface area contributed by atoms with Crippen LogP contribution < -0.4 is 4.90 Å². The number of quaternary nitrogens is 1. The molecule has 1 aromatic carbocycles. The van der Waals surface area contributed by atoms with Gasteiger partial charge >= 0.3 is 0 Å². The number of ether oxygens (including phenoxy) is 1. The van der Waals surface area contributed by atoms with Crippen LogP contribution in [0.25, 0.3) is 10.2 Å². The number of nitrogens with one attached hydrogen (secondary N) is 1. The second-order valence-corrected chi connectivity index (χ2v) is 9.06. The van der Waals surface area contributed by atoms with Crippen LogP contribution in [0.15, 0.2) is 24.3 Å². The average molecular weight is 418 g/mol. The van der Waals surface area contributed by atoms with E-state index < -0.39 is 0 Å². The molecule has 3 heterocycles. The number of rotatable bonds is 5. The number of hydrogen-bond donors (Lipinski definition) is 1. The first kappa shape index (κ1) is 20.3. The van der Waals surface area contributed by atoms with Gasteiger partial charge in [-0.15, -0.1) is 11.3 Å². The Morgan fingerprint density at radius 2 is 1.86 bits per heavy atom. The van der Waals surface area contributed by atoms with E-state index >= 15 is 0 Å². The van der Waals surface area contributed by atoms with Crippen LogP contribution in [0.5, 0.6) is 0 Å². The van der Waals surface area contributed by atoms with Gasteiger partial charge in [-0.1, -0.05) is 12.1 Å². The summed E-state index contributed by atoms with van der Waals surface area (Å²) in [7, 11) is 1.92. The summed E-state index contributed by atoms with van der Waals surface area (Å²) in [4.78, 5) is 34.8. The van der Waals surface area contributed by atoms with Crippen molar-refractivity contribution in [1.29, 1.82) is 0 Å². The molecule has 2 aliphatic heterocycles. The second-order valence-electron chi connectivity index (χ2n) is 8.00. The molecule has 2 aromatic rings. The molecule has 29 heavy (non-hydrogen) atoms. The molecule has 8 heteroatoms. The average Bonchev–Trinajstić information content (AvgIpc) is 3.19. The number of fused-ring (bicyclic) bond motifs is 1. The van der Waals surface area contributed by atoms with Crippen LogP contribution in [0, 0.1) is 0 Å². The topological polar surface area (TPSA) is 67.2 Å². The van der Waals surface area contributed by atoms with Crippen molar-refractivity contribution >= 4 is 33.4 Å². The van der Waals surface area contributed by atoms with E-state index in [0.717, 1.165) is 41.4 Å². The molecule has 2 aliphatic rings. The Morgan fingerprint density at radius 1 is 1.14 bits per heavy atom. The molecule has 1 aromatic heterocycles. The molecule has 0 spiro atoms. The Kier molecular flexibility index (Phi) is 6.42. The number of likely N-dealkylation sites (tertiary alicyclic amines) is 1. The maximum absolute atomic E-state index is 12.9. The minimum atomic E-state index is 0.101. The first-order valence-electron chi connectivity index (χ1n) is 10.4. The highest BCUT2D eigenvalue weighted by atomic mass is 32.1. The number of carbonyl (C=O) groups excluding carboxylic acids is 2. The van der Waals surface area contributed by atoms with Gasteiger partial charge in [0.15, 0.2) is 13.1 Å². The third-order valence-electron chi connectivity index (χ3n) is 5.70. The molecule has 2 amide bonds. The number of amides is 2. The Balaban J connectivity index is 1.31. The molecular weight excluding hydrogens is 388 g/mol. The second kappa shape index (κ2) is 9.19. The van der Waals surface area contributed by atoms with E-state index in [-0.39, 0.29) is 11.8 Å². The van der Waals surface area contributed by atoms with Gasteiger partial charge < -0.3 is 19.4 Å². The van der Waals surface area contributed by atoms with Crippen molar-refractivity contribution in [3.05, 3.63) is 29.3 Å². The molecular formula is C21H29N4O3S+. The van der Waals surface area contributed by atoms with Gasteiger partial charge in [0.25, 0.3) is 11.8 Å². The maximum Gasteiger partial charge on any atom is 0.277 e. The van der Waals surface area contributed by atoms with Gasteiger partial charge in [-0.3, -0.25) is 9.59 Å². The standard InChI is InChI=1S/C21H28N4O3S/c1-23(14-19(26)24-9-11-28-12-10-24)15-20(27)25-8-4-5-16(13-25)21-22-17-6-2-3-7-18(17)29-21/h2-3,6-7,16H,4-5,8-15H2,1H3/p+1/t16-/m1/s1. The van der Waals surface area contributed by atoms with Crippen molar-refractivity contribution in [3.8, 4) is 0 Å². The highest BCUT2D eigenvalue weighted by Crippen LogP contribution is 2.32. The number of morpholine rings is 1. The lowest BCUT2D eigenvalue weighted by Crippen LogP contribution is -3.11.